The second kappa shape index (κ2) is 11.2. The van der Waals surface area contributed by atoms with Gasteiger partial charge in [-0.05, 0) is 30.2 Å². The van der Waals surface area contributed by atoms with Gasteiger partial charge in [-0.1, -0.05) is 61.9 Å². The van der Waals surface area contributed by atoms with E-state index in [-0.39, 0.29) is 24.3 Å². The summed E-state index contributed by atoms with van der Waals surface area (Å²) in [5.41, 5.74) is 0.840. The van der Waals surface area contributed by atoms with E-state index >= 15 is 0 Å². The van der Waals surface area contributed by atoms with E-state index in [0.29, 0.717) is 28.1 Å². The van der Waals surface area contributed by atoms with Crippen molar-refractivity contribution in [3.63, 3.8) is 0 Å². The molecule has 0 spiro atoms. The molecule has 168 valence electrons. The van der Waals surface area contributed by atoms with Gasteiger partial charge in [0.05, 0.1) is 7.11 Å². The summed E-state index contributed by atoms with van der Waals surface area (Å²) in [6.45, 7) is 3.69. The maximum atomic E-state index is 12.9. The number of carbonyl (C=O) groups is 2. The largest absolute Gasteiger partial charge is 0.497 e. The summed E-state index contributed by atoms with van der Waals surface area (Å²) in [5, 5.41) is 14.8. The Morgan fingerprint density at radius 2 is 1.81 bits per heavy atom. The first-order valence-electron chi connectivity index (χ1n) is 10.3. The Balaban J connectivity index is 1.63. The average Bonchev–Trinajstić information content (AvgIpc) is 3.29. The quantitative estimate of drug-likeness (QED) is 0.484. The fourth-order valence-corrected chi connectivity index (χ4v) is 3.66. The van der Waals surface area contributed by atoms with Crippen LogP contribution < -0.4 is 20.1 Å². The second-order valence-corrected chi connectivity index (χ2v) is 8.14. The van der Waals surface area contributed by atoms with Crippen LogP contribution in [-0.2, 0) is 9.59 Å². The number of nitrogens with one attached hydrogen (secondary N) is 2. The van der Waals surface area contributed by atoms with Crippen molar-refractivity contribution in [1.29, 1.82) is 0 Å². The Bertz CT molecular complexity index is 1040. The number of benzene rings is 2. The number of carbonyl (C=O) groups excluding carboxylic acids is 2. The van der Waals surface area contributed by atoms with Crippen molar-refractivity contribution in [1.82, 2.24) is 15.5 Å². The lowest BCUT2D eigenvalue weighted by Crippen LogP contribution is -2.49. The molecule has 2 amide bonds. The number of nitrogens with zero attached hydrogens (tertiary/aromatic N) is 2. The van der Waals surface area contributed by atoms with Crippen LogP contribution in [0, 0.1) is 5.92 Å². The van der Waals surface area contributed by atoms with Gasteiger partial charge in [-0.25, -0.2) is 0 Å². The number of hydrogen-bond acceptors (Lipinski definition) is 7. The van der Waals surface area contributed by atoms with Crippen LogP contribution in [0.3, 0.4) is 0 Å². The summed E-state index contributed by atoms with van der Waals surface area (Å²) in [6.07, 6.45) is 0.711. The Hall–Kier alpha value is -3.46. The third-order valence-corrected chi connectivity index (χ3v) is 5.78. The van der Waals surface area contributed by atoms with E-state index in [2.05, 4.69) is 20.8 Å². The second-order valence-electron chi connectivity index (χ2n) is 7.17. The molecule has 0 radical (unpaired) electrons. The number of amides is 2. The minimum Gasteiger partial charge on any atom is -0.497 e. The monoisotopic (exact) mass is 454 g/mol. The Morgan fingerprint density at radius 3 is 2.53 bits per heavy atom. The lowest BCUT2D eigenvalue weighted by Gasteiger charge is -2.23. The van der Waals surface area contributed by atoms with Crippen LogP contribution in [0.25, 0.3) is 10.6 Å². The number of anilines is 1. The van der Waals surface area contributed by atoms with Gasteiger partial charge in [0.25, 0.3) is 5.91 Å². The van der Waals surface area contributed by atoms with Gasteiger partial charge in [0.15, 0.2) is 6.61 Å². The molecule has 0 aliphatic heterocycles. The van der Waals surface area contributed by atoms with Crippen LogP contribution in [0.15, 0.2) is 54.6 Å². The number of ether oxygens (including phenoxy) is 2. The summed E-state index contributed by atoms with van der Waals surface area (Å²) < 4.78 is 10.7. The molecule has 0 aliphatic rings. The summed E-state index contributed by atoms with van der Waals surface area (Å²) in [6, 6.07) is 15.8. The number of methoxy groups -OCH3 is 1. The first kappa shape index (κ1) is 23.2. The molecule has 0 saturated carbocycles. The molecule has 0 fully saturated rings. The topological polar surface area (TPSA) is 102 Å². The van der Waals surface area contributed by atoms with Gasteiger partial charge in [-0.3, -0.25) is 14.9 Å². The SMILES string of the molecule is CCC(C)C(NC(=O)COc1ccccc1)C(=O)Nc1nnc(-c2cccc(OC)c2)s1. The highest BCUT2D eigenvalue weighted by Crippen LogP contribution is 2.29. The van der Waals surface area contributed by atoms with Crippen LogP contribution >= 0.6 is 11.3 Å². The molecular formula is C23H26N4O4S. The molecule has 32 heavy (non-hydrogen) atoms. The zero-order valence-electron chi connectivity index (χ0n) is 18.2. The highest BCUT2D eigenvalue weighted by atomic mass is 32.1. The predicted octanol–water partition coefficient (Wildman–Crippen LogP) is 3.76. The van der Waals surface area contributed by atoms with E-state index in [4.69, 9.17) is 9.47 Å². The van der Waals surface area contributed by atoms with Crippen LogP contribution in [0.5, 0.6) is 11.5 Å². The highest BCUT2D eigenvalue weighted by Gasteiger charge is 2.27. The van der Waals surface area contributed by atoms with Crippen molar-refractivity contribution in [2.24, 2.45) is 5.92 Å². The molecule has 1 aromatic heterocycles. The Labute approximate surface area is 191 Å². The minimum absolute atomic E-state index is 0.0820. The molecule has 1 heterocycles. The summed E-state index contributed by atoms with van der Waals surface area (Å²) >= 11 is 1.25. The fraction of sp³-hybridized carbons (Fsp3) is 0.304. The van der Waals surface area contributed by atoms with Gasteiger partial charge in [-0.15, -0.1) is 10.2 Å². The molecule has 0 aliphatic carbocycles. The standard InChI is InChI=1S/C23H26N4O4S/c1-4-15(2)20(24-19(28)14-31-17-10-6-5-7-11-17)21(29)25-23-27-26-22(32-23)16-9-8-12-18(13-16)30-3/h5-13,15,20H,4,14H2,1-3H3,(H,24,28)(H,25,27,29). The van der Waals surface area contributed by atoms with Crippen molar-refractivity contribution in [3.8, 4) is 22.1 Å². The number of aromatic nitrogens is 2. The van der Waals surface area contributed by atoms with Gasteiger partial charge >= 0.3 is 0 Å². The first-order valence-corrected chi connectivity index (χ1v) is 11.1. The molecule has 2 atom stereocenters. The van der Waals surface area contributed by atoms with Gasteiger partial charge < -0.3 is 14.8 Å². The summed E-state index contributed by atoms with van der Waals surface area (Å²) in [7, 11) is 1.60. The van der Waals surface area contributed by atoms with Gasteiger partial charge in [-0.2, -0.15) is 0 Å². The van der Waals surface area contributed by atoms with Crippen LogP contribution in [0.1, 0.15) is 20.3 Å². The maximum absolute atomic E-state index is 12.9. The van der Waals surface area contributed by atoms with Crippen LogP contribution in [0.2, 0.25) is 0 Å². The smallest absolute Gasteiger partial charge is 0.258 e. The zero-order valence-corrected chi connectivity index (χ0v) is 19.0. The highest BCUT2D eigenvalue weighted by molar-refractivity contribution is 7.18. The van der Waals surface area contributed by atoms with E-state index in [1.165, 1.54) is 11.3 Å². The average molecular weight is 455 g/mol. The van der Waals surface area contributed by atoms with Gasteiger partial charge in [0.2, 0.25) is 11.0 Å². The molecule has 0 bridgehead atoms. The molecule has 0 saturated heterocycles. The Morgan fingerprint density at radius 1 is 1.06 bits per heavy atom. The van der Waals surface area contributed by atoms with Gasteiger partial charge in [0, 0.05) is 5.56 Å². The minimum atomic E-state index is -0.726. The maximum Gasteiger partial charge on any atom is 0.258 e. The van der Waals surface area contributed by atoms with E-state index in [1.54, 1.807) is 19.2 Å². The van der Waals surface area contributed by atoms with Crippen molar-refractivity contribution in [2.45, 2.75) is 26.3 Å². The third kappa shape index (κ3) is 6.27. The van der Waals surface area contributed by atoms with Crippen molar-refractivity contribution in [2.75, 3.05) is 19.0 Å². The van der Waals surface area contributed by atoms with Crippen LogP contribution in [0.4, 0.5) is 5.13 Å². The fourth-order valence-electron chi connectivity index (χ4n) is 2.91. The van der Waals surface area contributed by atoms with Crippen molar-refractivity contribution in [3.05, 3.63) is 54.6 Å². The summed E-state index contributed by atoms with van der Waals surface area (Å²) in [5.74, 6) is 0.498. The Kier molecular flexibility index (Phi) is 8.15. The third-order valence-electron chi connectivity index (χ3n) is 4.90. The normalized spacial score (nSPS) is 12.5. The molecular weight excluding hydrogens is 428 g/mol. The molecule has 2 unspecified atom stereocenters. The zero-order chi connectivity index (χ0) is 22.9. The van der Waals surface area contributed by atoms with Crippen LogP contribution in [-0.4, -0.2) is 41.8 Å². The first-order chi connectivity index (χ1) is 15.5. The van der Waals surface area contributed by atoms with Crippen molar-refractivity contribution < 1.29 is 19.1 Å². The van der Waals surface area contributed by atoms with E-state index in [9.17, 15) is 9.59 Å². The summed E-state index contributed by atoms with van der Waals surface area (Å²) in [4.78, 5) is 25.3. The van der Waals surface area contributed by atoms with E-state index < -0.39 is 6.04 Å². The van der Waals surface area contributed by atoms with Gasteiger partial charge in [0.1, 0.15) is 22.5 Å². The molecule has 3 rings (SSSR count). The molecule has 2 aromatic carbocycles. The lowest BCUT2D eigenvalue weighted by molar-refractivity contribution is -0.128. The number of para-hydroxylation sites is 1. The number of rotatable bonds is 10. The van der Waals surface area contributed by atoms with Crippen molar-refractivity contribution >= 4 is 28.3 Å². The molecule has 2 N–H and O–H groups in total. The molecule has 8 nitrogen and oxygen atoms in total. The predicted molar refractivity (Wildman–Crippen MR) is 124 cm³/mol. The van der Waals surface area contributed by atoms with E-state index in [1.807, 2.05) is 56.3 Å². The number of hydrogen-bond donors (Lipinski definition) is 2. The molecule has 3 aromatic rings. The lowest BCUT2D eigenvalue weighted by atomic mass is 9.98. The van der Waals surface area contributed by atoms with E-state index in [0.717, 1.165) is 5.56 Å². The molecule has 9 heteroatoms.